The SMILES string of the molecule is COC(=O)N[C@H](C(=O)N1C(c2nc(-c3ccc4cc(-c5ccc(-c6nc([C@@H]7CC[C@H](C)N7C(=O)[C@@H](NC(=O)OC)C(C)C)[nH]c6Cl)cc5)ccc4c3)c(Cl)[nH]2)CC[C@@H]1C)C(C)C. The minimum Gasteiger partial charge on any atom is -0.453 e. The highest BCUT2D eigenvalue weighted by atomic mass is 35.5. The van der Waals surface area contributed by atoms with Crippen molar-refractivity contribution in [3.8, 4) is 33.6 Å². The number of benzene rings is 3. The lowest BCUT2D eigenvalue weighted by atomic mass is 9.98. The molecule has 2 aromatic heterocycles. The smallest absolute Gasteiger partial charge is 0.407 e. The monoisotopic (exact) mass is 884 g/mol. The predicted molar refractivity (Wildman–Crippen MR) is 239 cm³/mol. The molecule has 2 aliphatic rings. The Morgan fingerprint density at radius 2 is 1.00 bits per heavy atom. The van der Waals surface area contributed by atoms with Crippen LogP contribution in [0.25, 0.3) is 44.4 Å². The second-order valence-electron chi connectivity index (χ2n) is 17.0. The summed E-state index contributed by atoms with van der Waals surface area (Å²) < 4.78 is 9.58. The molecule has 0 radical (unpaired) electrons. The number of carbonyl (C=O) groups excluding carboxylic acids is 4. The van der Waals surface area contributed by atoms with E-state index in [1.54, 1.807) is 9.80 Å². The Kier molecular flexibility index (Phi) is 13.2. The molecule has 0 spiro atoms. The second-order valence-corrected chi connectivity index (χ2v) is 17.8. The number of likely N-dealkylation sites (tertiary alicyclic amines) is 2. The fourth-order valence-electron chi connectivity index (χ4n) is 8.80. The summed E-state index contributed by atoms with van der Waals surface area (Å²) >= 11 is 13.6. The number of amides is 4. The number of nitrogens with one attached hydrogen (secondary N) is 4. The van der Waals surface area contributed by atoms with Crippen molar-refractivity contribution >= 4 is 58.0 Å². The Labute approximate surface area is 371 Å². The molecule has 7 rings (SSSR count). The van der Waals surface area contributed by atoms with E-state index in [4.69, 9.17) is 42.6 Å². The van der Waals surface area contributed by atoms with Crippen LogP contribution in [0, 0.1) is 11.8 Å². The first kappa shape index (κ1) is 44.5. The zero-order valence-electron chi connectivity index (χ0n) is 36.2. The normalized spacial score (nSPS) is 19.9. The summed E-state index contributed by atoms with van der Waals surface area (Å²) in [7, 11) is 2.56. The van der Waals surface area contributed by atoms with E-state index in [9.17, 15) is 19.2 Å². The molecule has 4 heterocycles. The number of hydrogen-bond acceptors (Lipinski definition) is 8. The molecule has 16 heteroatoms. The first-order valence-electron chi connectivity index (χ1n) is 21.1. The predicted octanol–water partition coefficient (Wildman–Crippen LogP) is 9.46. The molecule has 0 aliphatic carbocycles. The Morgan fingerprint density at radius 3 is 1.44 bits per heavy atom. The molecule has 2 aliphatic heterocycles. The van der Waals surface area contributed by atoms with Gasteiger partial charge in [-0.05, 0) is 85.4 Å². The molecular formula is C46H54Cl2N8O6. The summed E-state index contributed by atoms with van der Waals surface area (Å²) in [6.07, 6.45) is 1.68. The summed E-state index contributed by atoms with van der Waals surface area (Å²) in [5, 5.41) is 8.22. The van der Waals surface area contributed by atoms with Crippen LogP contribution in [0.5, 0.6) is 0 Å². The fourth-order valence-corrected chi connectivity index (χ4v) is 9.29. The summed E-state index contributed by atoms with van der Waals surface area (Å²) in [5.74, 6) is 0.525. The Hall–Kier alpha value is -5.60. The summed E-state index contributed by atoms with van der Waals surface area (Å²) in [6.45, 7) is 11.6. The lowest BCUT2D eigenvalue weighted by molar-refractivity contribution is -0.138. The van der Waals surface area contributed by atoms with Crippen LogP contribution in [0.2, 0.25) is 10.3 Å². The number of hydrogen-bond donors (Lipinski definition) is 4. The first-order chi connectivity index (χ1) is 29.6. The van der Waals surface area contributed by atoms with Crippen LogP contribution in [-0.4, -0.2) is 92.1 Å². The van der Waals surface area contributed by atoms with Crippen LogP contribution in [0.3, 0.4) is 0 Å². The lowest BCUT2D eigenvalue weighted by Crippen LogP contribution is -2.52. The van der Waals surface area contributed by atoms with Gasteiger partial charge in [-0.15, -0.1) is 0 Å². The molecule has 14 nitrogen and oxygen atoms in total. The van der Waals surface area contributed by atoms with Crippen LogP contribution in [0.4, 0.5) is 9.59 Å². The molecule has 2 fully saturated rings. The summed E-state index contributed by atoms with van der Waals surface area (Å²) in [5.41, 5.74) is 4.90. The molecular weight excluding hydrogens is 831 g/mol. The van der Waals surface area contributed by atoms with Gasteiger partial charge in [-0.1, -0.05) is 99.4 Å². The third-order valence-corrected chi connectivity index (χ3v) is 12.8. The average molecular weight is 886 g/mol. The Morgan fingerprint density at radius 1 is 0.613 bits per heavy atom. The number of rotatable bonds is 11. The van der Waals surface area contributed by atoms with Gasteiger partial charge in [0, 0.05) is 23.2 Å². The second kappa shape index (κ2) is 18.4. The van der Waals surface area contributed by atoms with E-state index in [1.807, 2.05) is 77.9 Å². The number of imidazole rings is 2. The maximum absolute atomic E-state index is 13.9. The van der Waals surface area contributed by atoms with Gasteiger partial charge >= 0.3 is 12.2 Å². The van der Waals surface area contributed by atoms with Crippen LogP contribution in [0.1, 0.15) is 91.0 Å². The van der Waals surface area contributed by atoms with E-state index in [0.717, 1.165) is 45.9 Å². The number of methoxy groups -OCH3 is 2. The minimum atomic E-state index is -0.748. The van der Waals surface area contributed by atoms with Gasteiger partial charge < -0.3 is 39.9 Å². The standard InChI is InChI=1S/C46H54Cl2N8O6/c1-23(2)35(51-45(59)61-7)43(57)55-25(5)9-19-33(55)41-49-37(39(47)53-41)28-13-11-27(12-14-28)29-15-16-31-22-32(18-17-30(31)21-29)38-40(48)54-42(50-38)34-20-10-26(6)56(34)44(58)36(24(3)4)52-46(60)62-8/h11-18,21-26,33-36H,9-10,19-20H2,1-8H3,(H,49,53)(H,50,54)(H,51,59)(H,52,60)/t25-,26-,33-,34?,35-,36-/m0/s1. The Balaban J connectivity index is 1.07. The van der Waals surface area contributed by atoms with Crippen molar-refractivity contribution in [2.45, 2.75) is 103 Å². The number of halogens is 2. The van der Waals surface area contributed by atoms with Crippen molar-refractivity contribution in [3.63, 3.8) is 0 Å². The van der Waals surface area contributed by atoms with Gasteiger partial charge in [-0.25, -0.2) is 19.6 Å². The average Bonchev–Trinajstić information content (AvgIpc) is 4.05. The van der Waals surface area contributed by atoms with Crippen molar-refractivity contribution < 1.29 is 28.7 Å². The number of alkyl carbamates (subject to hydrolysis) is 2. The highest BCUT2D eigenvalue weighted by Crippen LogP contribution is 2.41. The van der Waals surface area contributed by atoms with Crippen molar-refractivity contribution in [2.75, 3.05) is 14.2 Å². The van der Waals surface area contributed by atoms with Gasteiger partial charge in [-0.3, -0.25) is 9.59 Å². The van der Waals surface area contributed by atoms with Gasteiger partial charge in [0.1, 0.15) is 45.4 Å². The van der Waals surface area contributed by atoms with E-state index in [-0.39, 0.29) is 47.8 Å². The quantitative estimate of drug-likeness (QED) is 0.101. The zero-order valence-corrected chi connectivity index (χ0v) is 37.7. The molecule has 1 unspecified atom stereocenters. The topological polar surface area (TPSA) is 175 Å². The molecule has 2 saturated heterocycles. The van der Waals surface area contributed by atoms with Crippen LogP contribution in [0.15, 0.2) is 60.7 Å². The third-order valence-electron chi connectivity index (χ3n) is 12.2. The third kappa shape index (κ3) is 8.85. The van der Waals surface area contributed by atoms with E-state index in [0.29, 0.717) is 46.2 Å². The van der Waals surface area contributed by atoms with Gasteiger partial charge in [0.2, 0.25) is 11.8 Å². The molecule has 6 atom stereocenters. The number of H-pyrrole nitrogens is 2. The van der Waals surface area contributed by atoms with E-state index in [1.165, 1.54) is 14.2 Å². The molecule has 62 heavy (non-hydrogen) atoms. The number of ether oxygens (including phenoxy) is 2. The molecule has 4 amide bonds. The molecule has 0 saturated carbocycles. The molecule has 328 valence electrons. The van der Waals surface area contributed by atoms with Crippen LogP contribution in [-0.2, 0) is 19.1 Å². The lowest BCUT2D eigenvalue weighted by Gasteiger charge is -2.32. The van der Waals surface area contributed by atoms with Crippen molar-refractivity contribution in [2.24, 2.45) is 11.8 Å². The molecule has 3 aromatic carbocycles. The van der Waals surface area contributed by atoms with E-state index in [2.05, 4.69) is 44.9 Å². The number of carbonyl (C=O) groups is 4. The highest BCUT2D eigenvalue weighted by Gasteiger charge is 2.43. The number of aromatic amines is 2. The summed E-state index contributed by atoms with van der Waals surface area (Å²) in [4.78, 5) is 71.8. The maximum Gasteiger partial charge on any atom is 0.407 e. The van der Waals surface area contributed by atoms with Crippen LogP contribution < -0.4 is 10.6 Å². The van der Waals surface area contributed by atoms with Crippen molar-refractivity contribution in [3.05, 3.63) is 82.6 Å². The molecule has 0 bridgehead atoms. The summed E-state index contributed by atoms with van der Waals surface area (Å²) in [6, 6.07) is 18.1. The van der Waals surface area contributed by atoms with E-state index < -0.39 is 24.3 Å². The first-order valence-corrected chi connectivity index (χ1v) is 21.8. The Bertz CT molecular complexity index is 2470. The number of nitrogens with zero attached hydrogens (tertiary/aromatic N) is 4. The van der Waals surface area contributed by atoms with Crippen molar-refractivity contribution in [1.29, 1.82) is 0 Å². The number of fused-ring (bicyclic) bond motifs is 1. The zero-order chi connectivity index (χ0) is 44.6. The number of aromatic nitrogens is 4. The van der Waals surface area contributed by atoms with Crippen LogP contribution >= 0.6 is 23.2 Å². The molecule has 4 N–H and O–H groups in total. The fraction of sp³-hybridized carbons (Fsp3) is 0.435. The highest BCUT2D eigenvalue weighted by molar-refractivity contribution is 6.32. The van der Waals surface area contributed by atoms with Gasteiger partial charge in [0.15, 0.2) is 0 Å². The molecule has 5 aromatic rings. The van der Waals surface area contributed by atoms with Gasteiger partial charge in [-0.2, -0.15) is 0 Å². The van der Waals surface area contributed by atoms with Gasteiger partial charge in [0.05, 0.1) is 26.3 Å². The van der Waals surface area contributed by atoms with E-state index >= 15 is 0 Å². The van der Waals surface area contributed by atoms with Gasteiger partial charge in [0.25, 0.3) is 0 Å². The maximum atomic E-state index is 13.9. The minimum absolute atomic E-state index is 0.0530. The van der Waals surface area contributed by atoms with Crippen molar-refractivity contribution in [1.82, 2.24) is 40.4 Å². The largest absolute Gasteiger partial charge is 0.453 e.